The number of ketones is 1. The van der Waals surface area contributed by atoms with Crippen LogP contribution in [-0.2, 0) is 31.9 Å². The predicted octanol–water partition coefficient (Wildman–Crippen LogP) is 11.0. The molecule has 13 aliphatic carbocycles. The van der Waals surface area contributed by atoms with Gasteiger partial charge in [-0.1, -0.05) is 112 Å². The number of epoxide rings is 1. The number of dihydropyridines is 1. The fourth-order valence-electron chi connectivity index (χ4n) is 26.8. The fourth-order valence-corrected chi connectivity index (χ4v) is 26.8. The van der Waals surface area contributed by atoms with Gasteiger partial charge >= 0.3 is 0 Å². The molecule has 88 heavy (non-hydrogen) atoms. The van der Waals surface area contributed by atoms with E-state index < -0.39 is 79.4 Å². The number of aryl methyl sites for hydroxylation is 1. The lowest BCUT2D eigenvalue weighted by molar-refractivity contribution is -0.238. The van der Waals surface area contributed by atoms with E-state index in [1.54, 1.807) is 0 Å². The first-order valence-electron chi connectivity index (χ1n) is 35.4. The minimum absolute atomic E-state index is 0.0167. The minimum Gasteiger partial charge on any atom is -0.396 e. The highest BCUT2D eigenvalue weighted by molar-refractivity contribution is 5.96. The zero-order valence-corrected chi connectivity index (χ0v) is 53.4. The number of carbonyl (C=O) groups is 2. The van der Waals surface area contributed by atoms with Crippen molar-refractivity contribution in [2.75, 3.05) is 26.4 Å². The summed E-state index contributed by atoms with van der Waals surface area (Å²) in [5, 5.41) is 68.9. The number of ether oxygens (including phenoxy) is 2. The Kier molecular flexibility index (Phi) is 13.3. The monoisotopic (exact) mass is 1200 g/mol. The van der Waals surface area contributed by atoms with Crippen LogP contribution in [0.15, 0.2) is 83.3 Å². The van der Waals surface area contributed by atoms with Crippen LogP contribution in [0.1, 0.15) is 193 Å². The molecule has 17 rings (SSSR count). The number of benzene rings is 1. The second-order valence-corrected chi connectivity index (χ2v) is 34.1. The molecule has 21 unspecified atom stereocenters. The standard InChI is InChI=1S/C77H102N2O9/c1-48-22-33-87-75(36-48,65-64(88-65)68(4,85)66(2,46-81)27-18-49-21-32-79-61(78)34-49)59-20-29-77(86)56-35-57(83)63-55-19-28-72-40-54(73(47-82)38-50(43-80)37-71(73)25-9-10-26-71)41-74(63)62(56)53(39-67(59,77)3)17-16-52-13-6-5-12-51(52)14-11-15-60(76(72,74)42-58(55)84)70(45-72)31-30-69(44-70)23-7-8-24-69/h5-6,12-13,19,21,28,34-35,40,43,48,50,53,55,58-60,62-65,79,81-82,84-86H,7-10,14,16-18,20,22-27,29-33,36-39,41-42,44-47,78H2,1-4H3. The number of hydrogen-bond acceptors (Lipinski definition) is 11. The van der Waals surface area contributed by atoms with Crippen LogP contribution in [0.25, 0.3) is 0 Å². The lowest BCUT2D eigenvalue weighted by atomic mass is 9.29. The minimum atomic E-state index is -1.45. The van der Waals surface area contributed by atoms with Crippen molar-refractivity contribution in [3.05, 3.63) is 94.4 Å². The largest absolute Gasteiger partial charge is 0.396 e. The number of nitrogens with one attached hydrogen (secondary N) is 1. The highest BCUT2D eigenvalue weighted by Crippen LogP contribution is 2.89. The van der Waals surface area contributed by atoms with E-state index >= 15 is 9.90 Å². The van der Waals surface area contributed by atoms with Crippen LogP contribution in [-0.4, -0.2) is 99.1 Å². The first kappa shape index (κ1) is 59.2. The van der Waals surface area contributed by atoms with Crippen LogP contribution in [0, 0.1) is 108 Å². The van der Waals surface area contributed by atoms with E-state index in [-0.39, 0.29) is 70.7 Å². The SMILES string of the molecule is CC1CCOC(C2OC2C(C)(O)C(C)(CO)CCC2=CCNC(N)=C2)(C2CCC3(O)C4=CC(=O)C5C6C=CC78C=C(C9(CO)CC(C=O)CC9%10CCCC%10)CC59C4C(CCc4ccccc4CC#CC(C4(CCC5(CCCC5)C4)C7)C89CC6O)CC23C)C1. The molecule has 0 radical (unpaired) electrons. The van der Waals surface area contributed by atoms with E-state index in [0.717, 1.165) is 81.8 Å². The Morgan fingerprint density at radius 2 is 1.69 bits per heavy atom. The Morgan fingerprint density at radius 1 is 0.909 bits per heavy atom. The van der Waals surface area contributed by atoms with Gasteiger partial charge in [-0.2, -0.15) is 0 Å². The summed E-state index contributed by atoms with van der Waals surface area (Å²) in [6.07, 6.45) is 35.6. The molecule has 10 fully saturated rings. The second-order valence-electron chi connectivity index (χ2n) is 34.1. The summed E-state index contributed by atoms with van der Waals surface area (Å²) in [4.78, 5) is 30.4. The third-order valence-electron chi connectivity index (χ3n) is 30.7. The van der Waals surface area contributed by atoms with Crippen molar-refractivity contribution in [1.29, 1.82) is 0 Å². The van der Waals surface area contributed by atoms with Gasteiger partial charge in [-0.15, -0.1) is 0 Å². The van der Waals surface area contributed by atoms with Gasteiger partial charge in [0, 0.05) is 70.3 Å². The van der Waals surface area contributed by atoms with Crippen molar-refractivity contribution in [2.24, 2.45) is 102 Å². The summed E-state index contributed by atoms with van der Waals surface area (Å²) in [7, 11) is 0. The number of allylic oxidation sites excluding steroid dienone is 5. The lowest BCUT2D eigenvalue weighted by Gasteiger charge is -2.74. The molecule has 2 saturated heterocycles. The van der Waals surface area contributed by atoms with E-state index in [4.69, 9.17) is 15.2 Å². The average Bonchev–Trinajstić information content (AvgIpc) is 1.65. The number of fused-ring (bicyclic) bond motifs is 5. The van der Waals surface area contributed by atoms with Crippen molar-refractivity contribution >= 4 is 12.1 Å². The molecule has 21 atom stereocenters. The normalized spacial score (nSPS) is 48.2. The number of nitrogens with two attached hydrogens (primary N) is 1. The quantitative estimate of drug-likeness (QED) is 0.0482. The molecule has 0 amide bonds. The molecule has 474 valence electrons. The Labute approximate surface area is 523 Å². The van der Waals surface area contributed by atoms with E-state index in [9.17, 15) is 25.2 Å². The number of aliphatic hydroxyl groups excluding tert-OH is 3. The first-order chi connectivity index (χ1) is 42.1. The number of carbonyl (C=O) groups excluding carboxylic acids is 2. The molecule has 3 heterocycles. The van der Waals surface area contributed by atoms with E-state index in [2.05, 4.69) is 79.6 Å². The van der Waals surface area contributed by atoms with Crippen LogP contribution >= 0.6 is 0 Å². The topological polar surface area (TPSA) is 195 Å². The van der Waals surface area contributed by atoms with Crippen LogP contribution in [0.5, 0.6) is 0 Å². The molecule has 11 heteroatoms. The van der Waals surface area contributed by atoms with Crippen molar-refractivity contribution in [2.45, 2.75) is 230 Å². The maximum Gasteiger partial charge on any atom is 0.160 e. The second kappa shape index (κ2) is 19.8. The Bertz CT molecular complexity index is 3300. The van der Waals surface area contributed by atoms with Gasteiger partial charge in [-0.25, -0.2) is 0 Å². The van der Waals surface area contributed by atoms with Crippen molar-refractivity contribution in [3.8, 4) is 11.8 Å². The van der Waals surface area contributed by atoms with Crippen LogP contribution in [0.2, 0.25) is 0 Å². The smallest absolute Gasteiger partial charge is 0.160 e. The van der Waals surface area contributed by atoms with Crippen LogP contribution in [0.4, 0.5) is 0 Å². The van der Waals surface area contributed by atoms with Gasteiger partial charge in [0.1, 0.15) is 24.1 Å². The van der Waals surface area contributed by atoms with E-state index in [1.807, 2.05) is 26.0 Å². The van der Waals surface area contributed by atoms with Gasteiger partial charge in [-0.3, -0.25) is 4.79 Å². The third kappa shape index (κ3) is 7.52. The van der Waals surface area contributed by atoms with E-state index in [0.29, 0.717) is 83.2 Å². The van der Waals surface area contributed by atoms with Gasteiger partial charge < -0.3 is 50.9 Å². The summed E-state index contributed by atoms with van der Waals surface area (Å²) in [6, 6.07) is 8.96. The maximum absolute atomic E-state index is 16.9. The molecule has 8 saturated carbocycles. The summed E-state index contributed by atoms with van der Waals surface area (Å²) < 4.78 is 14.6. The van der Waals surface area contributed by atoms with E-state index in [1.165, 1.54) is 55.1 Å². The Morgan fingerprint density at radius 3 is 2.44 bits per heavy atom. The zero-order chi connectivity index (χ0) is 60.9. The molecule has 4 bridgehead atoms. The third-order valence-corrected chi connectivity index (χ3v) is 30.7. The van der Waals surface area contributed by atoms with Crippen LogP contribution in [0.3, 0.4) is 0 Å². The number of aldehydes is 1. The molecule has 11 nitrogen and oxygen atoms in total. The zero-order valence-electron chi connectivity index (χ0n) is 53.4. The van der Waals surface area contributed by atoms with Gasteiger partial charge in [0.05, 0.1) is 36.3 Å². The first-order valence-corrected chi connectivity index (χ1v) is 35.4. The molecule has 5 spiro atoms. The Balaban J connectivity index is 0.893. The molecule has 16 aliphatic rings. The van der Waals surface area contributed by atoms with Crippen molar-refractivity contribution in [1.82, 2.24) is 5.32 Å². The van der Waals surface area contributed by atoms with Crippen molar-refractivity contribution in [3.63, 3.8) is 0 Å². The molecular formula is C77H102N2O9. The number of aliphatic hydroxyl groups is 5. The van der Waals surface area contributed by atoms with Crippen LogP contribution < -0.4 is 11.1 Å². The highest BCUT2D eigenvalue weighted by atomic mass is 16.6. The highest BCUT2D eigenvalue weighted by Gasteiger charge is 2.86. The molecular weight excluding hydrogens is 1100 g/mol. The molecule has 0 aromatic heterocycles. The predicted molar refractivity (Wildman–Crippen MR) is 337 cm³/mol. The molecule has 1 aromatic carbocycles. The Hall–Kier alpha value is -3.86. The lowest BCUT2D eigenvalue weighted by Crippen LogP contribution is -2.73. The van der Waals surface area contributed by atoms with Gasteiger partial charge in [0.25, 0.3) is 0 Å². The maximum atomic E-state index is 16.9. The summed E-state index contributed by atoms with van der Waals surface area (Å²) in [5.74, 6) is 7.47. The molecule has 3 aliphatic heterocycles. The van der Waals surface area contributed by atoms with Gasteiger partial charge in [-0.05, 0) is 222 Å². The number of hydrogen-bond donors (Lipinski definition) is 7. The van der Waals surface area contributed by atoms with Gasteiger partial charge in [0.15, 0.2) is 5.78 Å². The number of rotatable bonds is 11. The molecule has 8 N–H and O–H groups in total. The average molecular weight is 1200 g/mol. The summed E-state index contributed by atoms with van der Waals surface area (Å²) >= 11 is 0. The summed E-state index contributed by atoms with van der Waals surface area (Å²) in [5.41, 5.74) is 3.54. The molecule has 1 aromatic rings. The summed E-state index contributed by atoms with van der Waals surface area (Å²) in [6.45, 7) is 9.39. The van der Waals surface area contributed by atoms with Gasteiger partial charge in [0.2, 0.25) is 0 Å². The van der Waals surface area contributed by atoms with Crippen molar-refractivity contribution < 1.29 is 44.6 Å². The fraction of sp³-hybridized carbons (Fsp3) is 0.740.